The largest absolute Gasteiger partial charge is 0.497 e. The van der Waals surface area contributed by atoms with Gasteiger partial charge in [0.05, 0.1) is 19.9 Å². The molecule has 4 nitrogen and oxygen atoms in total. The standard InChI is InChI=1S/C24H21NO3/c1-16-4-13-24(28-16)23-15-19(17-5-9-20(26-2)10-6-17)14-22(25-23)18-7-11-21(27-3)12-8-18/h4-15H,1-3H3. The first-order valence-electron chi connectivity index (χ1n) is 9.04. The SMILES string of the molecule is COc1ccc(-c2cc(-c3ccc(OC)cc3)nc(-c3ccc(C)o3)c2)cc1. The molecule has 0 aliphatic heterocycles. The molecule has 0 fully saturated rings. The van der Waals surface area contributed by atoms with Crippen LogP contribution in [0, 0.1) is 6.92 Å². The molecular formula is C24H21NO3. The number of nitrogens with zero attached hydrogens (tertiary/aromatic N) is 1. The maximum Gasteiger partial charge on any atom is 0.152 e. The highest BCUT2D eigenvalue weighted by molar-refractivity contribution is 5.75. The van der Waals surface area contributed by atoms with Gasteiger partial charge in [-0.1, -0.05) is 12.1 Å². The average Bonchev–Trinajstić information content (AvgIpc) is 3.20. The van der Waals surface area contributed by atoms with Gasteiger partial charge in [0.15, 0.2) is 5.76 Å². The Balaban J connectivity index is 1.84. The van der Waals surface area contributed by atoms with Gasteiger partial charge in [-0.05, 0) is 78.7 Å². The maximum absolute atomic E-state index is 5.82. The van der Waals surface area contributed by atoms with Gasteiger partial charge in [0.2, 0.25) is 0 Å². The zero-order chi connectivity index (χ0) is 19.5. The fourth-order valence-corrected chi connectivity index (χ4v) is 3.09. The van der Waals surface area contributed by atoms with Gasteiger partial charge in [0.1, 0.15) is 23.0 Å². The topological polar surface area (TPSA) is 44.5 Å². The molecule has 0 unspecified atom stereocenters. The Morgan fingerprint density at radius 3 is 1.75 bits per heavy atom. The van der Waals surface area contributed by atoms with Gasteiger partial charge in [-0.2, -0.15) is 0 Å². The van der Waals surface area contributed by atoms with Crippen LogP contribution in [0.2, 0.25) is 0 Å². The van der Waals surface area contributed by atoms with Crippen LogP contribution in [0.1, 0.15) is 5.76 Å². The first kappa shape index (κ1) is 17.9. The smallest absolute Gasteiger partial charge is 0.152 e. The second kappa shape index (κ2) is 7.61. The van der Waals surface area contributed by atoms with E-state index >= 15 is 0 Å². The van der Waals surface area contributed by atoms with Crippen molar-refractivity contribution in [1.82, 2.24) is 4.98 Å². The van der Waals surface area contributed by atoms with E-state index < -0.39 is 0 Å². The Hall–Kier alpha value is -3.53. The number of pyridine rings is 1. The molecule has 28 heavy (non-hydrogen) atoms. The summed E-state index contributed by atoms with van der Waals surface area (Å²) < 4.78 is 16.4. The van der Waals surface area contributed by atoms with Gasteiger partial charge in [-0.15, -0.1) is 0 Å². The first-order valence-corrected chi connectivity index (χ1v) is 9.04. The van der Waals surface area contributed by atoms with E-state index in [1.807, 2.05) is 73.7 Å². The minimum atomic E-state index is 0.752. The summed E-state index contributed by atoms with van der Waals surface area (Å²) in [7, 11) is 3.33. The monoisotopic (exact) mass is 371 g/mol. The molecule has 0 bridgehead atoms. The summed E-state index contributed by atoms with van der Waals surface area (Å²) in [5.41, 5.74) is 4.84. The Morgan fingerprint density at radius 1 is 0.643 bits per heavy atom. The normalized spacial score (nSPS) is 10.7. The number of methoxy groups -OCH3 is 2. The van der Waals surface area contributed by atoms with Gasteiger partial charge in [-0.25, -0.2) is 4.98 Å². The highest BCUT2D eigenvalue weighted by atomic mass is 16.5. The van der Waals surface area contributed by atoms with E-state index in [9.17, 15) is 0 Å². The summed E-state index contributed by atoms with van der Waals surface area (Å²) in [6, 6.07) is 23.9. The van der Waals surface area contributed by atoms with Crippen molar-refractivity contribution in [3.63, 3.8) is 0 Å². The van der Waals surface area contributed by atoms with Gasteiger partial charge in [-0.3, -0.25) is 0 Å². The molecular weight excluding hydrogens is 350 g/mol. The number of aryl methyl sites for hydroxylation is 1. The van der Waals surface area contributed by atoms with Crippen LogP contribution in [0.5, 0.6) is 11.5 Å². The number of hydrogen-bond donors (Lipinski definition) is 0. The summed E-state index contributed by atoms with van der Waals surface area (Å²) in [4.78, 5) is 4.84. The van der Waals surface area contributed by atoms with Gasteiger partial charge in [0.25, 0.3) is 0 Å². The molecule has 0 amide bonds. The number of ether oxygens (including phenoxy) is 2. The van der Waals surface area contributed by atoms with Crippen LogP contribution < -0.4 is 9.47 Å². The molecule has 4 heteroatoms. The molecule has 0 saturated heterocycles. The van der Waals surface area contributed by atoms with Crippen molar-refractivity contribution in [3.05, 3.63) is 78.6 Å². The summed E-state index contributed by atoms with van der Waals surface area (Å²) in [5.74, 6) is 3.26. The Labute approximate surface area is 164 Å². The molecule has 140 valence electrons. The molecule has 2 heterocycles. The van der Waals surface area contributed by atoms with E-state index in [-0.39, 0.29) is 0 Å². The molecule has 0 aliphatic carbocycles. The predicted molar refractivity (Wildman–Crippen MR) is 111 cm³/mol. The zero-order valence-electron chi connectivity index (χ0n) is 16.1. The lowest BCUT2D eigenvalue weighted by Crippen LogP contribution is -1.91. The van der Waals surface area contributed by atoms with Crippen molar-refractivity contribution in [1.29, 1.82) is 0 Å². The quantitative estimate of drug-likeness (QED) is 0.431. The van der Waals surface area contributed by atoms with E-state index in [1.54, 1.807) is 14.2 Å². The van der Waals surface area contributed by atoms with Crippen LogP contribution in [-0.4, -0.2) is 19.2 Å². The average molecular weight is 371 g/mol. The fourth-order valence-electron chi connectivity index (χ4n) is 3.09. The molecule has 2 aromatic heterocycles. The molecule has 2 aromatic carbocycles. The third-order valence-electron chi connectivity index (χ3n) is 4.63. The summed E-state index contributed by atoms with van der Waals surface area (Å²) in [5, 5.41) is 0. The van der Waals surface area contributed by atoms with Crippen LogP contribution in [0.3, 0.4) is 0 Å². The summed E-state index contributed by atoms with van der Waals surface area (Å²) >= 11 is 0. The van der Waals surface area contributed by atoms with E-state index in [2.05, 4.69) is 6.07 Å². The van der Waals surface area contributed by atoms with Crippen LogP contribution in [0.15, 0.2) is 77.2 Å². The lowest BCUT2D eigenvalue weighted by atomic mass is 10.0. The van der Waals surface area contributed by atoms with Crippen molar-refractivity contribution in [2.24, 2.45) is 0 Å². The third-order valence-corrected chi connectivity index (χ3v) is 4.63. The van der Waals surface area contributed by atoms with Crippen molar-refractivity contribution >= 4 is 0 Å². The van der Waals surface area contributed by atoms with Crippen molar-refractivity contribution in [3.8, 4) is 45.3 Å². The predicted octanol–water partition coefficient (Wildman–Crippen LogP) is 6.00. The lowest BCUT2D eigenvalue weighted by Gasteiger charge is -2.10. The van der Waals surface area contributed by atoms with Crippen LogP contribution in [0.25, 0.3) is 33.8 Å². The second-order valence-electron chi connectivity index (χ2n) is 6.49. The first-order chi connectivity index (χ1) is 13.7. The Bertz CT molecular complexity index is 1010. The lowest BCUT2D eigenvalue weighted by molar-refractivity contribution is 0.415. The van der Waals surface area contributed by atoms with Crippen molar-refractivity contribution < 1.29 is 13.9 Å². The zero-order valence-corrected chi connectivity index (χ0v) is 16.1. The van der Waals surface area contributed by atoms with E-state index in [0.717, 1.165) is 51.1 Å². The number of furan rings is 1. The molecule has 0 spiro atoms. The highest BCUT2D eigenvalue weighted by Gasteiger charge is 2.11. The number of hydrogen-bond acceptors (Lipinski definition) is 4. The van der Waals surface area contributed by atoms with Crippen LogP contribution in [0.4, 0.5) is 0 Å². The van der Waals surface area contributed by atoms with E-state index in [0.29, 0.717) is 0 Å². The molecule has 0 atom stereocenters. The molecule has 4 rings (SSSR count). The van der Waals surface area contributed by atoms with Crippen molar-refractivity contribution in [2.45, 2.75) is 6.92 Å². The Kier molecular flexibility index (Phi) is 4.85. The maximum atomic E-state index is 5.82. The summed E-state index contributed by atoms with van der Waals surface area (Å²) in [6.45, 7) is 1.93. The number of rotatable bonds is 5. The van der Waals surface area contributed by atoms with E-state index in [4.69, 9.17) is 18.9 Å². The van der Waals surface area contributed by atoms with Crippen LogP contribution in [-0.2, 0) is 0 Å². The number of benzene rings is 2. The summed E-state index contributed by atoms with van der Waals surface area (Å²) in [6.07, 6.45) is 0. The van der Waals surface area contributed by atoms with Gasteiger partial charge in [0, 0.05) is 5.56 Å². The van der Waals surface area contributed by atoms with Gasteiger partial charge < -0.3 is 13.9 Å². The Morgan fingerprint density at radius 2 is 1.21 bits per heavy atom. The van der Waals surface area contributed by atoms with E-state index in [1.165, 1.54) is 0 Å². The molecule has 0 aliphatic rings. The molecule has 0 N–H and O–H groups in total. The van der Waals surface area contributed by atoms with Crippen molar-refractivity contribution in [2.75, 3.05) is 14.2 Å². The van der Waals surface area contributed by atoms with Gasteiger partial charge >= 0.3 is 0 Å². The minimum absolute atomic E-state index is 0.752. The molecule has 0 radical (unpaired) electrons. The molecule has 4 aromatic rings. The third kappa shape index (κ3) is 3.62. The number of aromatic nitrogens is 1. The second-order valence-corrected chi connectivity index (χ2v) is 6.49. The fraction of sp³-hybridized carbons (Fsp3) is 0.125. The molecule has 0 saturated carbocycles. The van der Waals surface area contributed by atoms with Crippen LogP contribution >= 0.6 is 0 Å². The highest BCUT2D eigenvalue weighted by Crippen LogP contribution is 2.32. The minimum Gasteiger partial charge on any atom is -0.497 e.